The van der Waals surface area contributed by atoms with Crippen molar-refractivity contribution in [3.05, 3.63) is 41.5 Å². The van der Waals surface area contributed by atoms with Gasteiger partial charge < -0.3 is 5.73 Å². The van der Waals surface area contributed by atoms with Crippen LogP contribution in [0.4, 0.5) is 13.2 Å². The van der Waals surface area contributed by atoms with Crippen LogP contribution >= 0.6 is 0 Å². The summed E-state index contributed by atoms with van der Waals surface area (Å²) in [5.41, 5.74) is 4.54. The van der Waals surface area contributed by atoms with Crippen LogP contribution in [0.25, 0.3) is 6.08 Å². The second-order valence-electron chi connectivity index (χ2n) is 4.17. The van der Waals surface area contributed by atoms with Gasteiger partial charge in [0, 0.05) is 12.6 Å². The van der Waals surface area contributed by atoms with Crippen LogP contribution in [0.1, 0.15) is 24.5 Å². The summed E-state index contributed by atoms with van der Waals surface area (Å²) in [5, 5.41) is 2.26. The van der Waals surface area contributed by atoms with Crippen molar-refractivity contribution in [3.63, 3.8) is 0 Å². The van der Waals surface area contributed by atoms with Crippen LogP contribution in [0, 0.1) is 0 Å². The number of hydrogen-bond acceptors (Lipinski definition) is 2. The minimum atomic E-state index is -4.47. The van der Waals surface area contributed by atoms with E-state index in [1.807, 2.05) is 6.92 Å². The number of amides is 1. The number of benzene rings is 1. The second-order valence-corrected chi connectivity index (χ2v) is 4.17. The molecule has 3 N–H and O–H groups in total. The van der Waals surface area contributed by atoms with Crippen molar-refractivity contribution in [2.24, 2.45) is 10.7 Å². The number of aliphatic imine (C=N–C) groups is 1. The standard InChI is InChI=1S/C14H16F3N3O/c1-2-9-19-13(18)20-12(21)8-7-10-5-3-4-6-11(10)14(15,16)17/h3-8H,2,9H2,1H3,(H3,18,19,20,21). The molecule has 21 heavy (non-hydrogen) atoms. The van der Waals surface area contributed by atoms with Crippen LogP contribution in [0.15, 0.2) is 35.3 Å². The van der Waals surface area contributed by atoms with E-state index in [1.54, 1.807) is 0 Å². The zero-order chi connectivity index (χ0) is 15.9. The minimum absolute atomic E-state index is 0.0596. The van der Waals surface area contributed by atoms with Gasteiger partial charge in [-0.2, -0.15) is 13.2 Å². The zero-order valence-corrected chi connectivity index (χ0v) is 11.4. The fourth-order valence-electron chi connectivity index (χ4n) is 1.51. The molecule has 7 heteroatoms. The molecular weight excluding hydrogens is 283 g/mol. The lowest BCUT2D eigenvalue weighted by Crippen LogP contribution is -2.35. The van der Waals surface area contributed by atoms with Crippen molar-refractivity contribution in [2.75, 3.05) is 6.54 Å². The van der Waals surface area contributed by atoms with E-state index in [0.29, 0.717) is 6.54 Å². The number of alkyl halides is 3. The molecule has 1 rings (SSSR count). The van der Waals surface area contributed by atoms with E-state index in [2.05, 4.69) is 10.3 Å². The molecule has 114 valence electrons. The molecule has 0 saturated heterocycles. The van der Waals surface area contributed by atoms with Gasteiger partial charge in [-0.15, -0.1) is 0 Å². The highest BCUT2D eigenvalue weighted by molar-refractivity contribution is 6.03. The van der Waals surface area contributed by atoms with Crippen molar-refractivity contribution in [2.45, 2.75) is 19.5 Å². The maximum atomic E-state index is 12.7. The van der Waals surface area contributed by atoms with E-state index in [-0.39, 0.29) is 11.5 Å². The summed E-state index contributed by atoms with van der Waals surface area (Å²) in [6.07, 6.45) is -1.63. The topological polar surface area (TPSA) is 67.5 Å². The predicted molar refractivity (Wildman–Crippen MR) is 75.4 cm³/mol. The number of carbonyl (C=O) groups excluding carboxylic acids is 1. The van der Waals surface area contributed by atoms with Crippen LogP contribution in [0.5, 0.6) is 0 Å². The fraction of sp³-hybridized carbons (Fsp3) is 0.286. The quantitative estimate of drug-likeness (QED) is 0.510. The first-order chi connectivity index (χ1) is 9.84. The molecule has 0 aliphatic rings. The van der Waals surface area contributed by atoms with Gasteiger partial charge in [-0.25, -0.2) is 0 Å². The Hall–Kier alpha value is -2.31. The van der Waals surface area contributed by atoms with Crippen molar-refractivity contribution < 1.29 is 18.0 Å². The largest absolute Gasteiger partial charge is 0.416 e. The summed E-state index contributed by atoms with van der Waals surface area (Å²) >= 11 is 0. The van der Waals surface area contributed by atoms with Gasteiger partial charge in [-0.05, 0) is 24.1 Å². The van der Waals surface area contributed by atoms with Crippen LogP contribution in [0.2, 0.25) is 0 Å². The lowest BCUT2D eigenvalue weighted by Gasteiger charge is -2.09. The third kappa shape index (κ3) is 5.68. The van der Waals surface area contributed by atoms with Crippen LogP contribution in [0.3, 0.4) is 0 Å². The first-order valence-corrected chi connectivity index (χ1v) is 6.29. The Kier molecular flexibility index (Phi) is 5.95. The fourth-order valence-corrected chi connectivity index (χ4v) is 1.51. The summed E-state index contributed by atoms with van der Waals surface area (Å²) in [5.74, 6) is -0.695. The first kappa shape index (κ1) is 16.7. The Morgan fingerprint density at radius 2 is 2.05 bits per heavy atom. The Morgan fingerprint density at radius 3 is 2.67 bits per heavy atom. The molecular formula is C14H16F3N3O. The molecule has 1 amide bonds. The van der Waals surface area contributed by atoms with Gasteiger partial charge in [0.15, 0.2) is 5.96 Å². The third-order valence-corrected chi connectivity index (χ3v) is 2.44. The van der Waals surface area contributed by atoms with E-state index in [9.17, 15) is 18.0 Å². The lowest BCUT2D eigenvalue weighted by molar-refractivity contribution is -0.137. The number of rotatable bonds is 4. The molecule has 1 aromatic carbocycles. The van der Waals surface area contributed by atoms with Gasteiger partial charge >= 0.3 is 6.18 Å². The molecule has 0 aromatic heterocycles. The van der Waals surface area contributed by atoms with Gasteiger partial charge in [0.2, 0.25) is 0 Å². The number of carbonyl (C=O) groups is 1. The van der Waals surface area contributed by atoms with E-state index in [4.69, 9.17) is 5.73 Å². The van der Waals surface area contributed by atoms with Crippen molar-refractivity contribution >= 4 is 17.9 Å². The van der Waals surface area contributed by atoms with Gasteiger partial charge in [0.1, 0.15) is 0 Å². The van der Waals surface area contributed by atoms with Crippen molar-refractivity contribution in [1.29, 1.82) is 0 Å². The molecule has 0 unspecified atom stereocenters. The molecule has 0 radical (unpaired) electrons. The molecule has 1 aromatic rings. The van der Waals surface area contributed by atoms with Crippen LogP contribution in [-0.4, -0.2) is 18.4 Å². The molecule has 0 aliphatic carbocycles. The van der Waals surface area contributed by atoms with Gasteiger partial charge in [0.05, 0.1) is 5.56 Å². The van der Waals surface area contributed by atoms with E-state index >= 15 is 0 Å². The average Bonchev–Trinajstić information content (AvgIpc) is 2.42. The maximum absolute atomic E-state index is 12.7. The highest BCUT2D eigenvalue weighted by Crippen LogP contribution is 2.32. The SMILES string of the molecule is CCCN=C(N)NC(=O)C=Cc1ccccc1C(F)(F)F. The predicted octanol–water partition coefficient (Wildman–Crippen LogP) is 2.56. The Morgan fingerprint density at radius 1 is 1.38 bits per heavy atom. The minimum Gasteiger partial charge on any atom is -0.370 e. The Labute approximate surface area is 120 Å². The Bertz CT molecular complexity index is 551. The second kappa shape index (κ2) is 7.47. The summed E-state index contributed by atoms with van der Waals surface area (Å²) in [4.78, 5) is 15.4. The number of guanidine groups is 1. The summed E-state index contributed by atoms with van der Waals surface area (Å²) in [6, 6.07) is 4.98. The first-order valence-electron chi connectivity index (χ1n) is 6.29. The number of nitrogens with one attached hydrogen (secondary N) is 1. The molecule has 0 saturated carbocycles. The normalized spacial score (nSPS) is 12.7. The van der Waals surface area contributed by atoms with Crippen LogP contribution < -0.4 is 11.1 Å². The Balaban J connectivity index is 2.80. The zero-order valence-electron chi connectivity index (χ0n) is 11.4. The number of hydrogen-bond donors (Lipinski definition) is 2. The van der Waals surface area contributed by atoms with Gasteiger partial charge in [-0.1, -0.05) is 25.1 Å². The maximum Gasteiger partial charge on any atom is 0.416 e. The summed E-state index contributed by atoms with van der Waals surface area (Å²) in [6.45, 7) is 2.36. The smallest absolute Gasteiger partial charge is 0.370 e. The summed E-state index contributed by atoms with van der Waals surface area (Å²) < 4.78 is 38.2. The molecule has 4 nitrogen and oxygen atoms in total. The molecule has 0 heterocycles. The van der Waals surface area contributed by atoms with Crippen molar-refractivity contribution in [1.82, 2.24) is 5.32 Å². The molecule has 0 atom stereocenters. The molecule has 0 fully saturated rings. The van der Waals surface area contributed by atoms with E-state index in [0.717, 1.165) is 24.6 Å². The lowest BCUT2D eigenvalue weighted by atomic mass is 10.1. The molecule has 0 aliphatic heterocycles. The highest BCUT2D eigenvalue weighted by atomic mass is 19.4. The average molecular weight is 299 g/mol. The third-order valence-electron chi connectivity index (χ3n) is 2.44. The molecule has 0 bridgehead atoms. The van der Waals surface area contributed by atoms with Crippen LogP contribution in [-0.2, 0) is 11.0 Å². The van der Waals surface area contributed by atoms with E-state index in [1.165, 1.54) is 18.2 Å². The van der Waals surface area contributed by atoms with E-state index < -0.39 is 17.6 Å². The number of nitrogens with zero attached hydrogens (tertiary/aromatic N) is 1. The highest BCUT2D eigenvalue weighted by Gasteiger charge is 2.32. The number of halogens is 3. The summed E-state index contributed by atoms with van der Waals surface area (Å²) in [7, 11) is 0. The van der Waals surface area contributed by atoms with Gasteiger partial charge in [-0.3, -0.25) is 15.1 Å². The monoisotopic (exact) mass is 299 g/mol. The van der Waals surface area contributed by atoms with Gasteiger partial charge in [0.25, 0.3) is 5.91 Å². The number of nitrogens with two attached hydrogens (primary N) is 1. The van der Waals surface area contributed by atoms with Crippen molar-refractivity contribution in [3.8, 4) is 0 Å². The molecule has 0 spiro atoms.